The van der Waals surface area contributed by atoms with Crippen LogP contribution in [0.15, 0.2) is 23.5 Å². The summed E-state index contributed by atoms with van der Waals surface area (Å²) in [4.78, 5) is 8.11. The molecule has 0 bridgehead atoms. The molecule has 4 heteroatoms. The van der Waals surface area contributed by atoms with Gasteiger partial charge in [-0.3, -0.25) is 9.98 Å². The third kappa shape index (κ3) is 2.10. The number of pyridine rings is 1. The first kappa shape index (κ1) is 10.2. The Hall–Kier alpha value is -1.84. The maximum absolute atomic E-state index is 5.60. The molecule has 0 spiro atoms. The van der Waals surface area contributed by atoms with E-state index in [4.69, 9.17) is 11.5 Å². The van der Waals surface area contributed by atoms with Gasteiger partial charge < -0.3 is 11.5 Å². The van der Waals surface area contributed by atoms with Crippen LogP contribution in [0.1, 0.15) is 11.3 Å². The molecule has 1 heterocycles. The van der Waals surface area contributed by atoms with Crippen LogP contribution in [-0.2, 0) is 0 Å². The van der Waals surface area contributed by atoms with E-state index in [9.17, 15) is 0 Å². The molecule has 0 fully saturated rings. The standard InChI is InChI=1S/C10H14N4/c1-7-3-9(12)6-14-10(7)8(4-11)5-13-2/h3-6H,11-12H2,1-2H3/b8-4+,13-5?. The van der Waals surface area contributed by atoms with E-state index in [-0.39, 0.29) is 0 Å². The average molecular weight is 190 g/mol. The van der Waals surface area contributed by atoms with Crippen molar-refractivity contribution in [1.82, 2.24) is 4.98 Å². The topological polar surface area (TPSA) is 77.3 Å². The number of rotatable bonds is 2. The van der Waals surface area contributed by atoms with Crippen molar-refractivity contribution in [3.05, 3.63) is 29.7 Å². The number of nitrogens with two attached hydrogens (primary N) is 2. The van der Waals surface area contributed by atoms with Crippen molar-refractivity contribution in [2.75, 3.05) is 12.8 Å². The molecule has 74 valence electrons. The maximum atomic E-state index is 5.60. The minimum Gasteiger partial charge on any atom is -0.404 e. The molecule has 4 N–H and O–H groups in total. The first-order chi connectivity index (χ1) is 6.69. The van der Waals surface area contributed by atoms with E-state index >= 15 is 0 Å². The Bertz CT molecular complexity index is 380. The number of nitrogens with zero attached hydrogens (tertiary/aromatic N) is 2. The highest BCUT2D eigenvalue weighted by Gasteiger charge is 2.03. The van der Waals surface area contributed by atoms with Crippen molar-refractivity contribution >= 4 is 17.5 Å². The quantitative estimate of drug-likeness (QED) is 0.682. The van der Waals surface area contributed by atoms with E-state index in [2.05, 4.69) is 9.98 Å². The van der Waals surface area contributed by atoms with Gasteiger partial charge in [-0.1, -0.05) is 0 Å². The van der Waals surface area contributed by atoms with Gasteiger partial charge in [0.1, 0.15) is 0 Å². The first-order valence-electron chi connectivity index (χ1n) is 4.25. The number of aliphatic imine (C=N–C) groups is 1. The van der Waals surface area contributed by atoms with Gasteiger partial charge in [0, 0.05) is 25.0 Å². The Labute approximate surface area is 83.4 Å². The number of aryl methyl sites for hydroxylation is 1. The molecule has 1 aromatic heterocycles. The van der Waals surface area contributed by atoms with E-state index in [1.807, 2.05) is 13.0 Å². The van der Waals surface area contributed by atoms with E-state index < -0.39 is 0 Å². The lowest BCUT2D eigenvalue weighted by atomic mass is 10.1. The van der Waals surface area contributed by atoms with Crippen LogP contribution in [0.5, 0.6) is 0 Å². The molecular formula is C10H14N4. The van der Waals surface area contributed by atoms with E-state index in [0.717, 1.165) is 16.8 Å². The van der Waals surface area contributed by atoms with Crippen molar-refractivity contribution in [1.29, 1.82) is 0 Å². The van der Waals surface area contributed by atoms with E-state index in [1.165, 1.54) is 6.20 Å². The normalized spacial score (nSPS) is 12.3. The van der Waals surface area contributed by atoms with Crippen LogP contribution in [0.4, 0.5) is 5.69 Å². The van der Waals surface area contributed by atoms with Gasteiger partial charge in [0.25, 0.3) is 0 Å². The van der Waals surface area contributed by atoms with Crippen molar-refractivity contribution < 1.29 is 0 Å². The van der Waals surface area contributed by atoms with Crippen LogP contribution >= 0.6 is 0 Å². The molecule has 0 amide bonds. The summed E-state index contributed by atoms with van der Waals surface area (Å²) < 4.78 is 0. The van der Waals surface area contributed by atoms with Crippen LogP contribution in [0.3, 0.4) is 0 Å². The largest absolute Gasteiger partial charge is 0.404 e. The molecule has 0 aromatic carbocycles. The van der Waals surface area contributed by atoms with Crippen LogP contribution in [-0.4, -0.2) is 18.2 Å². The monoisotopic (exact) mass is 190 g/mol. The maximum Gasteiger partial charge on any atom is 0.0762 e. The Morgan fingerprint density at radius 1 is 1.57 bits per heavy atom. The van der Waals surface area contributed by atoms with Crippen molar-refractivity contribution in [3.63, 3.8) is 0 Å². The number of hydrogen-bond donors (Lipinski definition) is 2. The van der Waals surface area contributed by atoms with Gasteiger partial charge in [-0.15, -0.1) is 0 Å². The van der Waals surface area contributed by atoms with Gasteiger partial charge in [-0.25, -0.2) is 0 Å². The van der Waals surface area contributed by atoms with Crippen LogP contribution in [0, 0.1) is 6.92 Å². The first-order valence-corrected chi connectivity index (χ1v) is 4.25. The van der Waals surface area contributed by atoms with E-state index in [1.54, 1.807) is 19.5 Å². The molecule has 0 saturated carbocycles. The fourth-order valence-electron chi connectivity index (χ4n) is 1.22. The van der Waals surface area contributed by atoms with Crippen molar-refractivity contribution in [2.45, 2.75) is 6.92 Å². The summed E-state index contributed by atoms with van der Waals surface area (Å²) in [5.74, 6) is 0. The van der Waals surface area contributed by atoms with E-state index in [0.29, 0.717) is 5.69 Å². The summed E-state index contributed by atoms with van der Waals surface area (Å²) in [5, 5.41) is 0. The third-order valence-corrected chi connectivity index (χ3v) is 1.82. The number of anilines is 1. The van der Waals surface area contributed by atoms with Crippen LogP contribution in [0.2, 0.25) is 0 Å². The molecule has 0 unspecified atom stereocenters. The van der Waals surface area contributed by atoms with Crippen molar-refractivity contribution in [2.24, 2.45) is 10.7 Å². The van der Waals surface area contributed by atoms with Gasteiger partial charge in [-0.2, -0.15) is 0 Å². The Morgan fingerprint density at radius 2 is 2.29 bits per heavy atom. The molecule has 1 rings (SSSR count). The molecule has 4 nitrogen and oxygen atoms in total. The highest BCUT2D eigenvalue weighted by Crippen LogP contribution is 2.15. The fourth-order valence-corrected chi connectivity index (χ4v) is 1.22. The molecule has 0 saturated heterocycles. The predicted octanol–water partition coefficient (Wildman–Crippen LogP) is 0.972. The summed E-state index contributed by atoms with van der Waals surface area (Å²) in [6, 6.07) is 1.86. The molecule has 0 aliphatic rings. The van der Waals surface area contributed by atoms with Gasteiger partial charge in [-0.05, 0) is 18.6 Å². The highest BCUT2D eigenvalue weighted by molar-refractivity contribution is 6.09. The average Bonchev–Trinajstić information content (AvgIpc) is 2.15. The SMILES string of the molecule is CN=C/C(=C\N)c1ncc(N)cc1C. The summed E-state index contributed by atoms with van der Waals surface area (Å²) in [6.07, 6.45) is 4.76. The molecule has 0 radical (unpaired) electrons. The Balaban J connectivity index is 3.18. The number of aromatic nitrogens is 1. The van der Waals surface area contributed by atoms with Crippen molar-refractivity contribution in [3.8, 4) is 0 Å². The lowest BCUT2D eigenvalue weighted by Gasteiger charge is -2.05. The zero-order valence-electron chi connectivity index (χ0n) is 8.36. The molecule has 0 atom stereocenters. The van der Waals surface area contributed by atoms with Gasteiger partial charge in [0.15, 0.2) is 0 Å². The second kappa shape index (κ2) is 4.41. The molecule has 14 heavy (non-hydrogen) atoms. The molecule has 1 aromatic rings. The van der Waals surface area contributed by atoms with Crippen LogP contribution < -0.4 is 11.5 Å². The highest BCUT2D eigenvalue weighted by atomic mass is 14.7. The molecule has 0 aliphatic carbocycles. The van der Waals surface area contributed by atoms with Crippen LogP contribution in [0.25, 0.3) is 5.57 Å². The number of hydrogen-bond acceptors (Lipinski definition) is 4. The lowest BCUT2D eigenvalue weighted by molar-refractivity contribution is 1.23. The summed E-state index contributed by atoms with van der Waals surface area (Å²) in [7, 11) is 1.69. The minimum atomic E-state index is 0.649. The van der Waals surface area contributed by atoms with Gasteiger partial charge >= 0.3 is 0 Å². The third-order valence-electron chi connectivity index (χ3n) is 1.82. The summed E-state index contributed by atoms with van der Waals surface area (Å²) in [6.45, 7) is 1.94. The smallest absolute Gasteiger partial charge is 0.0762 e. The second-order valence-corrected chi connectivity index (χ2v) is 2.94. The number of nitrogen functional groups attached to an aromatic ring is 1. The Kier molecular flexibility index (Phi) is 3.23. The molecule has 0 aliphatic heterocycles. The summed E-state index contributed by atoms with van der Waals surface area (Å²) in [5.41, 5.74) is 14.3. The Morgan fingerprint density at radius 3 is 2.79 bits per heavy atom. The predicted molar refractivity (Wildman–Crippen MR) is 60.0 cm³/mol. The fraction of sp³-hybridized carbons (Fsp3) is 0.200. The van der Waals surface area contributed by atoms with Gasteiger partial charge in [0.2, 0.25) is 0 Å². The zero-order chi connectivity index (χ0) is 10.6. The zero-order valence-corrected chi connectivity index (χ0v) is 8.36. The minimum absolute atomic E-state index is 0.649. The molecular weight excluding hydrogens is 176 g/mol. The van der Waals surface area contributed by atoms with Gasteiger partial charge in [0.05, 0.1) is 17.6 Å². The number of allylic oxidation sites excluding steroid dienone is 1. The lowest BCUT2D eigenvalue weighted by Crippen LogP contribution is -1.99. The summed E-state index contributed by atoms with van der Waals surface area (Å²) >= 11 is 0. The second-order valence-electron chi connectivity index (χ2n) is 2.94.